The summed E-state index contributed by atoms with van der Waals surface area (Å²) < 4.78 is 48.7. The van der Waals surface area contributed by atoms with E-state index in [2.05, 4.69) is 5.32 Å². The molecule has 0 amide bonds. The van der Waals surface area contributed by atoms with Gasteiger partial charge in [-0.25, -0.2) is 4.39 Å². The second-order valence-electron chi connectivity index (χ2n) is 4.21. The van der Waals surface area contributed by atoms with Gasteiger partial charge in [0, 0.05) is 13.0 Å². The minimum absolute atomic E-state index is 0.0725. The molecule has 1 rings (SSSR count). The quantitative estimate of drug-likeness (QED) is 0.636. The fourth-order valence-electron chi connectivity index (χ4n) is 1.63. The lowest BCUT2D eigenvalue weighted by Gasteiger charge is -2.07. The standard InChI is InChI=1S/C13H14F4N2/c14-12-6-10(8-18)5-11(7-12)9-19-4-2-1-3-13(15,16)17/h5-7,19H,1-4,9H2. The lowest BCUT2D eigenvalue weighted by atomic mass is 10.1. The van der Waals surface area contributed by atoms with Crippen LogP contribution in [0.4, 0.5) is 17.6 Å². The number of nitrogens with zero attached hydrogens (tertiary/aromatic N) is 1. The van der Waals surface area contributed by atoms with Crippen molar-refractivity contribution in [1.82, 2.24) is 5.32 Å². The van der Waals surface area contributed by atoms with Gasteiger partial charge < -0.3 is 5.32 Å². The molecule has 1 N–H and O–H groups in total. The van der Waals surface area contributed by atoms with E-state index in [1.807, 2.05) is 6.07 Å². The highest BCUT2D eigenvalue weighted by molar-refractivity contribution is 5.33. The zero-order valence-corrected chi connectivity index (χ0v) is 10.2. The third-order valence-corrected chi connectivity index (χ3v) is 2.48. The largest absolute Gasteiger partial charge is 0.389 e. The molecule has 0 aliphatic heterocycles. The fraction of sp³-hybridized carbons (Fsp3) is 0.462. The van der Waals surface area contributed by atoms with Crippen molar-refractivity contribution in [1.29, 1.82) is 5.26 Å². The Hall–Kier alpha value is -1.61. The maximum absolute atomic E-state index is 13.1. The van der Waals surface area contributed by atoms with Gasteiger partial charge in [0.15, 0.2) is 0 Å². The Morgan fingerprint density at radius 3 is 2.53 bits per heavy atom. The Bertz CT molecular complexity index is 449. The third kappa shape index (κ3) is 6.77. The van der Waals surface area contributed by atoms with Gasteiger partial charge in [-0.05, 0) is 43.1 Å². The molecule has 0 saturated carbocycles. The van der Waals surface area contributed by atoms with Crippen molar-refractivity contribution >= 4 is 0 Å². The van der Waals surface area contributed by atoms with Crippen LogP contribution in [0.5, 0.6) is 0 Å². The highest BCUT2D eigenvalue weighted by Crippen LogP contribution is 2.21. The summed E-state index contributed by atoms with van der Waals surface area (Å²) in [7, 11) is 0. The molecule has 0 unspecified atom stereocenters. The molecule has 0 aliphatic rings. The van der Waals surface area contributed by atoms with Crippen LogP contribution in [0.2, 0.25) is 0 Å². The molecule has 0 aliphatic carbocycles. The van der Waals surface area contributed by atoms with E-state index in [1.54, 1.807) is 6.07 Å². The molecule has 0 aromatic heterocycles. The number of halogens is 4. The van der Waals surface area contributed by atoms with Crippen molar-refractivity contribution in [2.75, 3.05) is 6.54 Å². The Morgan fingerprint density at radius 1 is 1.16 bits per heavy atom. The van der Waals surface area contributed by atoms with Gasteiger partial charge in [-0.1, -0.05) is 0 Å². The second-order valence-corrected chi connectivity index (χ2v) is 4.21. The lowest BCUT2D eigenvalue weighted by Crippen LogP contribution is -2.16. The highest BCUT2D eigenvalue weighted by atomic mass is 19.4. The van der Waals surface area contributed by atoms with E-state index >= 15 is 0 Å². The van der Waals surface area contributed by atoms with Gasteiger partial charge in [0.05, 0.1) is 11.6 Å². The summed E-state index contributed by atoms with van der Waals surface area (Å²) in [5, 5.41) is 11.6. The molecule has 0 spiro atoms. The van der Waals surface area contributed by atoms with Crippen LogP contribution in [0.25, 0.3) is 0 Å². The monoisotopic (exact) mass is 274 g/mol. The minimum atomic E-state index is -4.11. The van der Waals surface area contributed by atoms with Gasteiger partial charge in [0.25, 0.3) is 0 Å². The summed E-state index contributed by atoms with van der Waals surface area (Å²) in [6.07, 6.45) is -4.42. The predicted octanol–water partition coefficient (Wildman–Crippen LogP) is 3.52. The van der Waals surface area contributed by atoms with Crippen LogP contribution in [-0.4, -0.2) is 12.7 Å². The Morgan fingerprint density at radius 2 is 1.89 bits per heavy atom. The van der Waals surface area contributed by atoms with E-state index < -0.39 is 18.4 Å². The minimum Gasteiger partial charge on any atom is -0.313 e. The maximum atomic E-state index is 13.1. The topological polar surface area (TPSA) is 35.8 Å². The lowest BCUT2D eigenvalue weighted by molar-refractivity contribution is -0.135. The van der Waals surface area contributed by atoms with E-state index in [-0.39, 0.29) is 12.0 Å². The van der Waals surface area contributed by atoms with Gasteiger partial charge in [0.1, 0.15) is 5.82 Å². The van der Waals surface area contributed by atoms with Crippen molar-refractivity contribution in [3.63, 3.8) is 0 Å². The first kappa shape index (κ1) is 15.4. The van der Waals surface area contributed by atoms with Gasteiger partial charge >= 0.3 is 6.18 Å². The average molecular weight is 274 g/mol. The first-order valence-corrected chi connectivity index (χ1v) is 5.88. The van der Waals surface area contributed by atoms with E-state index in [0.717, 1.165) is 6.07 Å². The SMILES string of the molecule is N#Cc1cc(F)cc(CNCCCCC(F)(F)F)c1. The van der Waals surface area contributed by atoms with Gasteiger partial charge in [-0.2, -0.15) is 18.4 Å². The van der Waals surface area contributed by atoms with Crippen LogP contribution in [0.15, 0.2) is 18.2 Å². The fourth-order valence-corrected chi connectivity index (χ4v) is 1.63. The summed E-state index contributed by atoms with van der Waals surface area (Å²) in [6.45, 7) is 0.757. The molecular weight excluding hydrogens is 260 g/mol. The molecule has 0 bridgehead atoms. The zero-order valence-electron chi connectivity index (χ0n) is 10.2. The van der Waals surface area contributed by atoms with Gasteiger partial charge in [-0.3, -0.25) is 0 Å². The summed E-state index contributed by atoms with van der Waals surface area (Å²) in [5.41, 5.74) is 0.834. The summed E-state index contributed by atoms with van der Waals surface area (Å²) >= 11 is 0. The first-order valence-electron chi connectivity index (χ1n) is 5.88. The van der Waals surface area contributed by atoms with E-state index in [4.69, 9.17) is 5.26 Å². The second kappa shape index (κ2) is 7.10. The zero-order chi connectivity index (χ0) is 14.3. The van der Waals surface area contributed by atoms with Crippen molar-refractivity contribution < 1.29 is 17.6 Å². The Kier molecular flexibility index (Phi) is 5.77. The van der Waals surface area contributed by atoms with Crippen LogP contribution in [0, 0.1) is 17.1 Å². The number of nitrogens with one attached hydrogen (secondary N) is 1. The number of unbranched alkanes of at least 4 members (excludes halogenated alkanes) is 1. The molecule has 2 nitrogen and oxygen atoms in total. The van der Waals surface area contributed by atoms with Crippen LogP contribution in [0.3, 0.4) is 0 Å². The molecule has 1 aromatic carbocycles. The molecular formula is C13H14F4N2. The molecule has 19 heavy (non-hydrogen) atoms. The number of hydrogen-bond donors (Lipinski definition) is 1. The first-order chi connectivity index (χ1) is 8.90. The molecule has 104 valence electrons. The number of hydrogen-bond acceptors (Lipinski definition) is 2. The molecule has 0 saturated heterocycles. The van der Waals surface area contributed by atoms with E-state index in [9.17, 15) is 17.6 Å². The number of rotatable bonds is 6. The normalized spacial score (nSPS) is 11.3. The van der Waals surface area contributed by atoms with Crippen LogP contribution < -0.4 is 5.32 Å². The number of alkyl halides is 3. The number of benzene rings is 1. The van der Waals surface area contributed by atoms with E-state index in [0.29, 0.717) is 25.1 Å². The van der Waals surface area contributed by atoms with Crippen LogP contribution in [0.1, 0.15) is 30.4 Å². The average Bonchev–Trinajstić information content (AvgIpc) is 2.31. The number of nitriles is 1. The molecule has 0 radical (unpaired) electrons. The van der Waals surface area contributed by atoms with Crippen LogP contribution >= 0.6 is 0 Å². The predicted molar refractivity (Wildman–Crippen MR) is 62.7 cm³/mol. The van der Waals surface area contributed by atoms with Crippen LogP contribution in [-0.2, 0) is 6.54 Å². The molecule has 0 atom stereocenters. The Balaban J connectivity index is 2.27. The smallest absolute Gasteiger partial charge is 0.313 e. The molecule has 1 aromatic rings. The van der Waals surface area contributed by atoms with Crippen molar-refractivity contribution in [3.8, 4) is 6.07 Å². The Labute approximate surface area is 109 Å². The maximum Gasteiger partial charge on any atom is 0.389 e. The highest BCUT2D eigenvalue weighted by Gasteiger charge is 2.25. The molecule has 6 heteroatoms. The third-order valence-electron chi connectivity index (χ3n) is 2.48. The van der Waals surface area contributed by atoms with Gasteiger partial charge in [-0.15, -0.1) is 0 Å². The summed E-state index contributed by atoms with van der Waals surface area (Å²) in [6, 6.07) is 5.82. The van der Waals surface area contributed by atoms with Gasteiger partial charge in [0.2, 0.25) is 0 Å². The van der Waals surface area contributed by atoms with E-state index in [1.165, 1.54) is 6.07 Å². The van der Waals surface area contributed by atoms with Crippen molar-refractivity contribution in [3.05, 3.63) is 35.1 Å². The van der Waals surface area contributed by atoms with Crippen molar-refractivity contribution in [2.24, 2.45) is 0 Å². The molecule has 0 fully saturated rings. The molecule has 0 heterocycles. The van der Waals surface area contributed by atoms with Crippen molar-refractivity contribution in [2.45, 2.75) is 32.0 Å². The summed E-state index contributed by atoms with van der Waals surface area (Å²) in [5.74, 6) is -0.493. The summed E-state index contributed by atoms with van der Waals surface area (Å²) in [4.78, 5) is 0.